The normalized spacial score (nSPS) is 15.3. The van der Waals surface area contributed by atoms with Gasteiger partial charge in [0, 0.05) is 26.9 Å². The summed E-state index contributed by atoms with van der Waals surface area (Å²) in [6.45, 7) is 8.59. The number of aromatic hydroxyl groups is 1. The number of aryl methyl sites for hydroxylation is 1. The van der Waals surface area contributed by atoms with Crippen molar-refractivity contribution in [1.29, 1.82) is 0 Å². The van der Waals surface area contributed by atoms with Crippen molar-refractivity contribution < 1.29 is 20.2 Å². The van der Waals surface area contributed by atoms with Crippen LogP contribution in [0, 0.1) is 13.7 Å². The number of nitrogens with zero attached hydrogens (tertiary/aromatic N) is 3. The largest absolute Gasteiger partial charge is 0.507 e. The minimum absolute atomic E-state index is 0.0462. The summed E-state index contributed by atoms with van der Waals surface area (Å²) in [5, 5.41) is 11.4. The molecular weight excluding hydrogens is 707 g/mol. The average Bonchev–Trinajstić information content (AvgIpc) is 3.66. The lowest BCUT2D eigenvalue weighted by atomic mass is 9.83. The summed E-state index contributed by atoms with van der Waals surface area (Å²) in [5.41, 5.74) is 7.94. The highest BCUT2D eigenvalue weighted by Gasteiger charge is 2.24. The van der Waals surface area contributed by atoms with Crippen LogP contribution in [-0.2, 0) is 5.41 Å². The Balaban J connectivity index is 1.38. The third-order valence-corrected chi connectivity index (χ3v) is 10.7. The second kappa shape index (κ2) is 15.2. The molecule has 4 heteroatoms. The molecule has 0 aliphatic carbocycles. The van der Waals surface area contributed by atoms with Gasteiger partial charge in [-0.05, 0) is 136 Å². The fourth-order valence-corrected chi connectivity index (χ4v) is 7.66. The van der Waals surface area contributed by atoms with E-state index >= 15 is 0 Å². The first kappa shape index (κ1) is 27.4. The van der Waals surface area contributed by atoms with Crippen molar-refractivity contribution in [2.45, 2.75) is 79.4 Å². The Bertz CT molecular complexity index is 3290. The van der Waals surface area contributed by atoms with Crippen LogP contribution in [0.1, 0.15) is 103 Å². The lowest BCUT2D eigenvalue weighted by Crippen LogP contribution is -2.11. The van der Waals surface area contributed by atoms with Crippen LogP contribution < -0.4 is 0 Å². The summed E-state index contributed by atoms with van der Waals surface area (Å²) >= 11 is 0. The third kappa shape index (κ3) is 7.24. The maximum absolute atomic E-state index is 11.4. The number of para-hydroxylation sites is 2. The van der Waals surface area contributed by atoms with Gasteiger partial charge in [-0.25, -0.2) is 4.98 Å². The van der Waals surface area contributed by atoms with E-state index in [9.17, 15) is 5.11 Å². The van der Waals surface area contributed by atoms with Crippen LogP contribution in [0.15, 0.2) is 140 Å². The first-order chi connectivity index (χ1) is 32.2. The molecule has 290 valence electrons. The molecule has 8 rings (SSSR count). The van der Waals surface area contributed by atoms with Gasteiger partial charge in [0.15, 0.2) is 0 Å². The first-order valence-corrected chi connectivity index (χ1v) is 19.5. The minimum Gasteiger partial charge on any atom is -0.507 e. The standard InChI is InChI=1S/C54H53N3O/c1-33(2)43-15-12-16-44(34(3)4)51(43)39-24-25-48(36(6)28-39)57-49-18-13-17-45(52(49)56-53(57)46-14-10-11-19-50(46)58)40-29-41(31-42(30-40)54(7,8)9)47-32-38(26-27-55-47)37-22-20-35(5)21-23-37/h10-34,58H,1-9H3/i5D3,6D3,20D,21D,22D,23D,33D. The van der Waals surface area contributed by atoms with E-state index in [-0.39, 0.29) is 28.2 Å². The molecule has 0 aliphatic rings. The zero-order chi connectivity index (χ0) is 50.3. The first-order valence-electron chi connectivity index (χ1n) is 25.0. The van der Waals surface area contributed by atoms with Crippen LogP contribution in [0.5, 0.6) is 5.75 Å². The van der Waals surface area contributed by atoms with Crippen molar-refractivity contribution in [3.63, 3.8) is 0 Å². The highest BCUT2D eigenvalue weighted by Crippen LogP contribution is 2.42. The zero-order valence-corrected chi connectivity index (χ0v) is 33.8. The number of pyridine rings is 1. The molecule has 0 radical (unpaired) electrons. The number of hydrogen-bond acceptors (Lipinski definition) is 3. The van der Waals surface area contributed by atoms with E-state index in [0.29, 0.717) is 56.1 Å². The number of hydrogen-bond donors (Lipinski definition) is 1. The van der Waals surface area contributed by atoms with Gasteiger partial charge >= 0.3 is 0 Å². The van der Waals surface area contributed by atoms with Gasteiger partial charge in [0.05, 0.1) is 33.5 Å². The van der Waals surface area contributed by atoms with E-state index in [1.807, 2.05) is 68.4 Å². The number of fused-ring (bicyclic) bond motifs is 1. The number of aromatic nitrogens is 3. The summed E-state index contributed by atoms with van der Waals surface area (Å²) in [5.74, 6) is -0.631. The van der Waals surface area contributed by atoms with Gasteiger partial charge in [-0.3, -0.25) is 9.55 Å². The van der Waals surface area contributed by atoms with Crippen LogP contribution in [-0.4, -0.2) is 19.6 Å². The summed E-state index contributed by atoms with van der Waals surface area (Å²) < 4.78 is 96.1. The molecule has 0 amide bonds. The van der Waals surface area contributed by atoms with Crippen molar-refractivity contribution in [2.24, 2.45) is 0 Å². The monoisotopic (exact) mass is 770 g/mol. The Labute approximate surface area is 359 Å². The molecule has 6 aromatic carbocycles. The van der Waals surface area contributed by atoms with Crippen LogP contribution in [0.4, 0.5) is 0 Å². The van der Waals surface area contributed by atoms with Crippen LogP contribution in [0.2, 0.25) is 0 Å². The van der Waals surface area contributed by atoms with Gasteiger partial charge in [0.25, 0.3) is 0 Å². The Morgan fingerprint density at radius 3 is 2.16 bits per heavy atom. The molecule has 4 nitrogen and oxygen atoms in total. The molecule has 2 heterocycles. The van der Waals surface area contributed by atoms with Gasteiger partial charge in [0.2, 0.25) is 0 Å². The summed E-state index contributed by atoms with van der Waals surface area (Å²) in [6, 6.07) is 30.8. The zero-order valence-electron chi connectivity index (χ0n) is 44.8. The molecule has 0 atom stereocenters. The molecule has 0 saturated carbocycles. The maximum Gasteiger partial charge on any atom is 0.149 e. The van der Waals surface area contributed by atoms with Crippen LogP contribution >= 0.6 is 0 Å². The van der Waals surface area contributed by atoms with Crippen molar-refractivity contribution in [1.82, 2.24) is 14.5 Å². The van der Waals surface area contributed by atoms with Gasteiger partial charge in [-0.15, -0.1) is 0 Å². The van der Waals surface area contributed by atoms with Gasteiger partial charge < -0.3 is 5.11 Å². The van der Waals surface area contributed by atoms with E-state index in [1.54, 1.807) is 53.1 Å². The maximum atomic E-state index is 11.4. The highest BCUT2D eigenvalue weighted by atomic mass is 16.3. The predicted molar refractivity (Wildman–Crippen MR) is 244 cm³/mol. The molecule has 0 unspecified atom stereocenters. The Morgan fingerprint density at radius 2 is 1.43 bits per heavy atom. The number of rotatable bonds is 8. The van der Waals surface area contributed by atoms with Gasteiger partial charge in [-0.1, -0.05) is 133 Å². The van der Waals surface area contributed by atoms with Crippen molar-refractivity contribution in [3.8, 4) is 67.5 Å². The molecule has 0 spiro atoms. The summed E-state index contributed by atoms with van der Waals surface area (Å²) in [6.07, 6.45) is 1.52. The molecule has 0 aliphatic heterocycles. The summed E-state index contributed by atoms with van der Waals surface area (Å²) in [7, 11) is 0. The topological polar surface area (TPSA) is 50.9 Å². The van der Waals surface area contributed by atoms with E-state index < -0.39 is 49.3 Å². The van der Waals surface area contributed by atoms with Gasteiger partial charge in [-0.2, -0.15) is 0 Å². The number of benzene rings is 6. The Kier molecular flexibility index (Phi) is 7.20. The van der Waals surface area contributed by atoms with Gasteiger partial charge in [0.1, 0.15) is 11.6 Å². The second-order valence-electron chi connectivity index (χ2n) is 16.3. The molecular formula is C54H53N3O. The molecule has 1 N–H and O–H groups in total. The smallest absolute Gasteiger partial charge is 0.149 e. The van der Waals surface area contributed by atoms with E-state index in [0.717, 1.165) is 27.8 Å². The lowest BCUT2D eigenvalue weighted by molar-refractivity contribution is 0.477. The van der Waals surface area contributed by atoms with E-state index in [1.165, 1.54) is 6.20 Å². The molecule has 0 saturated heterocycles. The molecule has 0 fully saturated rings. The summed E-state index contributed by atoms with van der Waals surface area (Å²) in [4.78, 5) is 9.96. The number of imidazole rings is 1. The average molecular weight is 771 g/mol. The second-order valence-corrected chi connectivity index (χ2v) is 16.3. The molecule has 0 bridgehead atoms. The van der Waals surface area contributed by atoms with E-state index in [2.05, 4.69) is 40.7 Å². The third-order valence-electron chi connectivity index (χ3n) is 10.7. The highest BCUT2D eigenvalue weighted by molar-refractivity contribution is 5.97. The van der Waals surface area contributed by atoms with Crippen molar-refractivity contribution in [2.75, 3.05) is 0 Å². The lowest BCUT2D eigenvalue weighted by Gasteiger charge is -2.22. The SMILES string of the molecule is [2H]c1c([2H])c(C([2H])([2H])[2H])c([2H])c([2H])c1-c1ccnc(-c2cc(-c3cccc4c3nc(-c3ccccc3O)n4-c3ccc(-c4c(C(C)C)cccc4C([2H])(C)C)cc3C([2H])([2H])[2H])cc(C(C)(C)C)c2)c1. The fourth-order valence-electron chi connectivity index (χ4n) is 7.66. The fraction of sp³-hybridized carbons (Fsp3) is 0.222. The quantitative estimate of drug-likeness (QED) is 0.167. The number of phenols is 1. The van der Waals surface area contributed by atoms with Crippen molar-refractivity contribution in [3.05, 3.63) is 167 Å². The molecule has 8 aromatic rings. The Hall–Kier alpha value is -6.26. The van der Waals surface area contributed by atoms with Crippen molar-refractivity contribution >= 4 is 11.0 Å². The minimum atomic E-state index is -2.85. The molecule has 58 heavy (non-hydrogen) atoms. The number of phenolic OH excluding ortho intramolecular Hbond substituents is 1. The Morgan fingerprint density at radius 1 is 0.690 bits per heavy atom. The molecule has 2 aromatic heterocycles. The van der Waals surface area contributed by atoms with E-state index in [4.69, 9.17) is 25.0 Å². The van der Waals surface area contributed by atoms with Crippen LogP contribution in [0.25, 0.3) is 72.7 Å². The predicted octanol–water partition coefficient (Wildman–Crippen LogP) is 14.6. The van der Waals surface area contributed by atoms with Crippen LogP contribution in [0.3, 0.4) is 0 Å².